The summed E-state index contributed by atoms with van der Waals surface area (Å²) >= 11 is 0. The van der Waals surface area contributed by atoms with E-state index in [0.717, 1.165) is 36.9 Å². The first-order chi connectivity index (χ1) is 19.8. The number of carbonyl (C=O) groups is 1. The molecule has 2 atom stereocenters. The van der Waals surface area contributed by atoms with E-state index in [9.17, 15) is 19.0 Å². The minimum Gasteiger partial charge on any atom is -0.390 e. The van der Waals surface area contributed by atoms with Crippen LogP contribution in [0.4, 0.5) is 11.4 Å². The van der Waals surface area contributed by atoms with Crippen LogP contribution in [0.5, 0.6) is 0 Å². The molecule has 0 spiro atoms. The molecule has 236 valence electrons. The molecule has 1 heterocycles. The number of hydrogen-bond donors (Lipinski definition) is 6. The van der Waals surface area contributed by atoms with Gasteiger partial charge >= 0.3 is 0 Å². The van der Waals surface area contributed by atoms with Gasteiger partial charge in [-0.1, -0.05) is 57.0 Å². The predicted molar refractivity (Wildman–Crippen MR) is 178 cm³/mol. The fourth-order valence-electron chi connectivity index (χ4n) is 5.38. The minimum atomic E-state index is -2.95. The van der Waals surface area contributed by atoms with Crippen LogP contribution >= 0.6 is 10.8 Å². The van der Waals surface area contributed by atoms with E-state index in [1.54, 1.807) is 16.4 Å². The van der Waals surface area contributed by atoms with Gasteiger partial charge in [0.25, 0.3) is 5.91 Å². The van der Waals surface area contributed by atoms with Crippen molar-refractivity contribution in [2.24, 2.45) is 5.92 Å². The van der Waals surface area contributed by atoms with Gasteiger partial charge < -0.3 is 21.1 Å². The zero-order valence-corrected chi connectivity index (χ0v) is 27.2. The number of nitrogens with one attached hydrogen (secondary N) is 3. The van der Waals surface area contributed by atoms with Crippen LogP contribution in [-0.4, -0.2) is 62.7 Å². The van der Waals surface area contributed by atoms with Crippen LogP contribution in [0.3, 0.4) is 0 Å². The maximum Gasteiger partial charge on any atom is 0.251 e. The highest BCUT2D eigenvalue weighted by molar-refractivity contribution is 8.25. The number of rotatable bonds is 15. The number of anilines is 2. The first-order valence-electron chi connectivity index (χ1n) is 15.5. The van der Waals surface area contributed by atoms with E-state index in [1.165, 1.54) is 6.42 Å². The Labute approximate surface area is 255 Å². The van der Waals surface area contributed by atoms with E-state index in [-0.39, 0.29) is 17.5 Å². The molecule has 2 aromatic carbocycles. The number of β-amino-alcohol motifs (C(OH)–C–C–N with tert-alkyl or cyclic N) is 1. The third-order valence-electron chi connectivity index (χ3n) is 7.76. The monoisotopic (exact) mass is 602 g/mol. The van der Waals surface area contributed by atoms with Crippen LogP contribution in [0.15, 0.2) is 48.5 Å². The van der Waals surface area contributed by atoms with Gasteiger partial charge in [0.2, 0.25) is 0 Å². The van der Waals surface area contributed by atoms with Crippen molar-refractivity contribution in [3.8, 4) is 0 Å². The molecule has 6 N–H and O–H groups in total. The number of carbonyl (C=O) groups excluding carboxylic acids is 1. The second kappa shape index (κ2) is 15.4. The minimum absolute atomic E-state index is 0.125. The van der Waals surface area contributed by atoms with Crippen molar-refractivity contribution in [3.63, 3.8) is 0 Å². The molecule has 42 heavy (non-hydrogen) atoms. The van der Waals surface area contributed by atoms with Gasteiger partial charge in [0.1, 0.15) is 0 Å². The molecule has 0 aliphatic carbocycles. The second-order valence-electron chi connectivity index (χ2n) is 13.1. The molecule has 1 fully saturated rings. The largest absolute Gasteiger partial charge is 0.390 e. The molecule has 2 aromatic rings. The highest BCUT2D eigenvalue weighted by Crippen LogP contribution is 2.50. The maximum absolute atomic E-state index is 13.8. The van der Waals surface area contributed by atoms with E-state index in [0.29, 0.717) is 42.4 Å². The Morgan fingerprint density at radius 3 is 2.40 bits per heavy atom. The lowest BCUT2D eigenvalue weighted by molar-refractivity contribution is 0.0812. The van der Waals surface area contributed by atoms with Crippen molar-refractivity contribution in [3.05, 3.63) is 59.7 Å². The van der Waals surface area contributed by atoms with Crippen molar-refractivity contribution >= 4 is 28.1 Å². The summed E-state index contributed by atoms with van der Waals surface area (Å²) < 4.78 is 23.2. The Hall–Kier alpha value is -2.30. The van der Waals surface area contributed by atoms with Gasteiger partial charge in [-0.3, -0.25) is 18.2 Å². The Bertz CT molecular complexity index is 1130. The summed E-state index contributed by atoms with van der Waals surface area (Å²) in [7, 11) is -2.95. The molecule has 1 amide bonds. The highest BCUT2D eigenvalue weighted by atomic mass is 32.3. The van der Waals surface area contributed by atoms with Crippen molar-refractivity contribution in [1.82, 2.24) is 10.6 Å². The fraction of sp³-hybridized carbons (Fsp3) is 0.606. The fourth-order valence-corrected chi connectivity index (χ4v) is 7.05. The average Bonchev–Trinajstić information content (AvgIpc) is 2.90. The molecule has 0 radical (unpaired) electrons. The quantitative estimate of drug-likeness (QED) is 0.135. The van der Waals surface area contributed by atoms with Crippen molar-refractivity contribution < 1.29 is 19.0 Å². The number of aliphatic hydroxyl groups is 1. The molecular formula is C33H54N4O4S. The summed E-state index contributed by atoms with van der Waals surface area (Å²) in [5.74, 6) is 0.671. The van der Waals surface area contributed by atoms with Gasteiger partial charge in [-0.15, -0.1) is 10.8 Å². The van der Waals surface area contributed by atoms with Crippen molar-refractivity contribution in [2.45, 2.75) is 104 Å². The van der Waals surface area contributed by atoms with Crippen LogP contribution in [0, 0.1) is 5.92 Å². The third-order valence-corrected chi connectivity index (χ3v) is 9.69. The number of benzene rings is 2. The Morgan fingerprint density at radius 1 is 1.05 bits per heavy atom. The summed E-state index contributed by atoms with van der Waals surface area (Å²) in [6, 6.07) is 14.9. The maximum atomic E-state index is 13.8. The average molecular weight is 603 g/mol. The van der Waals surface area contributed by atoms with Crippen molar-refractivity contribution in [2.75, 3.05) is 28.5 Å². The molecule has 1 saturated heterocycles. The molecule has 9 heteroatoms. The Kier molecular flexibility index (Phi) is 12.6. The smallest absolute Gasteiger partial charge is 0.251 e. The van der Waals surface area contributed by atoms with Gasteiger partial charge in [0, 0.05) is 35.9 Å². The second-order valence-corrected chi connectivity index (χ2v) is 15.2. The van der Waals surface area contributed by atoms with Crippen molar-refractivity contribution in [1.29, 1.82) is 0 Å². The topological polar surface area (TPSA) is 117 Å². The first-order valence-corrected chi connectivity index (χ1v) is 17.2. The molecule has 0 aromatic heterocycles. The van der Waals surface area contributed by atoms with Crippen LogP contribution in [0.2, 0.25) is 0 Å². The van der Waals surface area contributed by atoms with Crippen LogP contribution in [0.25, 0.3) is 0 Å². The molecule has 8 nitrogen and oxygen atoms in total. The number of nitrogens with zero attached hydrogens (tertiary/aromatic N) is 1. The lowest BCUT2D eigenvalue weighted by Gasteiger charge is -2.47. The molecule has 0 saturated carbocycles. The van der Waals surface area contributed by atoms with Gasteiger partial charge in [-0.2, -0.15) is 0 Å². The molecular weight excluding hydrogens is 548 g/mol. The van der Waals surface area contributed by atoms with Gasteiger partial charge in [-0.05, 0) is 83.1 Å². The molecule has 1 aliphatic rings. The van der Waals surface area contributed by atoms with E-state index in [2.05, 4.69) is 43.6 Å². The highest BCUT2D eigenvalue weighted by Gasteiger charge is 2.29. The Morgan fingerprint density at radius 2 is 1.76 bits per heavy atom. The first kappa shape index (κ1) is 34.2. The van der Waals surface area contributed by atoms with E-state index in [4.69, 9.17) is 0 Å². The molecule has 0 bridgehead atoms. The summed E-state index contributed by atoms with van der Waals surface area (Å²) in [6.07, 6.45) is 4.56. The lowest BCUT2D eigenvalue weighted by atomic mass is 9.93. The summed E-state index contributed by atoms with van der Waals surface area (Å²) in [6.45, 7) is 13.7. The lowest BCUT2D eigenvalue weighted by Crippen LogP contribution is -2.52. The van der Waals surface area contributed by atoms with E-state index < -0.39 is 22.9 Å². The Balaban J connectivity index is 1.82. The van der Waals surface area contributed by atoms with Gasteiger partial charge in [-0.25, -0.2) is 0 Å². The zero-order chi connectivity index (χ0) is 30.9. The van der Waals surface area contributed by atoms with Gasteiger partial charge in [0.05, 0.1) is 23.6 Å². The summed E-state index contributed by atoms with van der Waals surface area (Å²) in [5, 5.41) is 21.4. The molecule has 1 aliphatic heterocycles. The standard InChI is InChI=1S/C33H54N4O4S/c1-24(2)13-12-16-33(5,6)34-23-31(38)30(19-26-14-8-7-9-15-26)36-32(39)27-20-28(35-25(3)4)22-29(21-27)37-17-10-11-18-42(37,40)41/h7-9,14-15,20-22,24-25,30-31,34-35,38,40-41H,10-13,16-19,23H2,1-6H3,(H,36,39)/t30-,31-/m0/s1. The van der Waals surface area contributed by atoms with E-state index in [1.807, 2.05) is 50.2 Å². The summed E-state index contributed by atoms with van der Waals surface area (Å²) in [4.78, 5) is 13.8. The number of aliphatic hydroxyl groups excluding tert-OH is 1. The summed E-state index contributed by atoms with van der Waals surface area (Å²) in [5.41, 5.74) is 2.63. The predicted octanol–water partition coefficient (Wildman–Crippen LogP) is 6.67. The third kappa shape index (κ3) is 10.8. The van der Waals surface area contributed by atoms with Crippen LogP contribution < -0.4 is 20.3 Å². The number of hydrogen-bond acceptors (Lipinski definition) is 7. The van der Waals surface area contributed by atoms with E-state index >= 15 is 0 Å². The SMILES string of the molecule is CC(C)CCCC(C)(C)NC[C@H](O)[C@H](Cc1ccccc1)NC(=O)c1cc(NC(C)C)cc(N2CCCCS2(O)O)c1. The van der Waals surface area contributed by atoms with Crippen LogP contribution in [-0.2, 0) is 6.42 Å². The number of amides is 1. The van der Waals surface area contributed by atoms with Crippen LogP contribution in [0.1, 0.15) is 89.6 Å². The molecule has 3 rings (SSSR count). The zero-order valence-electron chi connectivity index (χ0n) is 26.4. The normalized spacial score (nSPS) is 17.6. The van der Waals surface area contributed by atoms with Gasteiger partial charge in [0.15, 0.2) is 0 Å². The molecule has 0 unspecified atom stereocenters.